The smallest absolute Gasteiger partial charge is 0.243 e. The first-order chi connectivity index (χ1) is 13.6. The number of piperidine rings is 1. The zero-order valence-corrected chi connectivity index (χ0v) is 18.5. The van der Waals surface area contributed by atoms with Gasteiger partial charge in [0, 0.05) is 29.2 Å². The molecule has 0 spiro atoms. The second-order valence-electron chi connectivity index (χ2n) is 6.69. The van der Waals surface area contributed by atoms with Crippen LogP contribution in [0, 0.1) is 5.92 Å². The van der Waals surface area contributed by atoms with Gasteiger partial charge in [0.2, 0.25) is 26.0 Å². The summed E-state index contributed by atoms with van der Waals surface area (Å²) in [7, 11) is -7.39. The van der Waals surface area contributed by atoms with Crippen molar-refractivity contribution in [3.8, 4) is 0 Å². The van der Waals surface area contributed by atoms with Gasteiger partial charge in [0.05, 0.1) is 9.79 Å². The normalized spacial score (nSPS) is 16.5. The molecule has 1 aliphatic heterocycles. The number of primary sulfonamides is 1. The molecule has 0 aromatic heterocycles. The lowest BCUT2D eigenvalue weighted by atomic mass is 9.97. The minimum Gasteiger partial charge on any atom is -0.326 e. The predicted octanol–water partition coefficient (Wildman–Crippen LogP) is 2.14. The Kier molecular flexibility index (Phi) is 6.44. The van der Waals surface area contributed by atoms with Crippen LogP contribution in [0.1, 0.15) is 12.8 Å². The van der Waals surface area contributed by atoms with Crippen LogP contribution in [0.4, 0.5) is 5.69 Å². The maximum atomic E-state index is 12.7. The van der Waals surface area contributed by atoms with Crippen molar-refractivity contribution >= 4 is 47.6 Å². The number of nitrogens with zero attached hydrogens (tertiary/aromatic N) is 1. The molecule has 29 heavy (non-hydrogen) atoms. The fourth-order valence-corrected chi connectivity index (χ4v) is 5.34. The summed E-state index contributed by atoms with van der Waals surface area (Å²) >= 11 is 3.28. The van der Waals surface area contributed by atoms with Crippen LogP contribution in [0.2, 0.25) is 0 Å². The van der Waals surface area contributed by atoms with E-state index in [4.69, 9.17) is 5.14 Å². The number of halogens is 1. The average molecular weight is 502 g/mol. The fraction of sp³-hybridized carbons (Fsp3) is 0.278. The van der Waals surface area contributed by atoms with Gasteiger partial charge in [0.25, 0.3) is 0 Å². The Morgan fingerprint density at radius 1 is 0.931 bits per heavy atom. The molecule has 1 amide bonds. The molecule has 0 bridgehead atoms. The molecule has 8 nitrogen and oxygen atoms in total. The topological polar surface area (TPSA) is 127 Å². The third-order valence-corrected chi connectivity index (χ3v) is 8.10. The number of carbonyl (C=O) groups is 1. The standard InChI is InChI=1S/C18H20BrN3O5S2/c19-14-1-5-17(6-2-14)29(26,27)22-11-9-13(10-12-22)18(23)21-15-3-7-16(8-4-15)28(20,24)25/h1-8,13H,9-12H2,(H,21,23)(H2,20,24,25). The van der Waals surface area contributed by atoms with Crippen molar-refractivity contribution in [3.05, 3.63) is 53.0 Å². The highest BCUT2D eigenvalue weighted by Crippen LogP contribution is 2.26. The molecule has 1 saturated heterocycles. The molecule has 0 saturated carbocycles. The number of amides is 1. The van der Waals surface area contributed by atoms with Gasteiger partial charge in [0.15, 0.2) is 0 Å². The highest BCUT2D eigenvalue weighted by molar-refractivity contribution is 9.10. The van der Waals surface area contributed by atoms with Crippen LogP contribution < -0.4 is 10.5 Å². The zero-order valence-electron chi connectivity index (χ0n) is 15.3. The Morgan fingerprint density at radius 3 is 1.97 bits per heavy atom. The van der Waals surface area contributed by atoms with Gasteiger partial charge in [-0.1, -0.05) is 15.9 Å². The Labute approximate surface area is 178 Å². The molecule has 0 unspecified atom stereocenters. The average Bonchev–Trinajstić information content (AvgIpc) is 2.68. The lowest BCUT2D eigenvalue weighted by molar-refractivity contribution is -0.120. The first-order valence-corrected chi connectivity index (χ1v) is 12.5. The van der Waals surface area contributed by atoms with Crippen molar-refractivity contribution in [1.82, 2.24) is 4.31 Å². The highest BCUT2D eigenvalue weighted by Gasteiger charge is 2.32. The van der Waals surface area contributed by atoms with E-state index in [1.54, 1.807) is 24.3 Å². The van der Waals surface area contributed by atoms with Crippen molar-refractivity contribution in [2.75, 3.05) is 18.4 Å². The molecule has 2 aromatic carbocycles. The molecular weight excluding hydrogens is 482 g/mol. The van der Waals surface area contributed by atoms with E-state index in [1.165, 1.54) is 28.6 Å². The zero-order chi connectivity index (χ0) is 21.2. The minimum atomic E-state index is -3.79. The maximum Gasteiger partial charge on any atom is 0.243 e. The summed E-state index contributed by atoms with van der Waals surface area (Å²) in [5.74, 6) is -0.557. The van der Waals surface area contributed by atoms with Crippen LogP contribution in [0.25, 0.3) is 0 Å². The van der Waals surface area contributed by atoms with E-state index in [0.717, 1.165) is 4.47 Å². The van der Waals surface area contributed by atoms with Crippen LogP contribution in [-0.4, -0.2) is 40.1 Å². The summed E-state index contributed by atoms with van der Waals surface area (Å²) in [6.07, 6.45) is 0.799. The Morgan fingerprint density at radius 2 is 1.45 bits per heavy atom. The third kappa shape index (κ3) is 5.23. The van der Waals surface area contributed by atoms with Gasteiger partial charge in [-0.2, -0.15) is 4.31 Å². The summed E-state index contributed by atoms with van der Waals surface area (Å²) in [5.41, 5.74) is 0.451. The largest absolute Gasteiger partial charge is 0.326 e. The van der Waals surface area contributed by atoms with Crippen LogP contribution >= 0.6 is 15.9 Å². The molecule has 156 valence electrons. The van der Waals surface area contributed by atoms with Gasteiger partial charge in [-0.05, 0) is 61.4 Å². The van der Waals surface area contributed by atoms with Gasteiger partial charge in [-0.15, -0.1) is 0 Å². The molecule has 0 radical (unpaired) electrons. The lowest BCUT2D eigenvalue weighted by Crippen LogP contribution is -2.41. The summed E-state index contributed by atoms with van der Waals surface area (Å²) in [6.45, 7) is 0.502. The van der Waals surface area contributed by atoms with Crippen LogP contribution in [0.15, 0.2) is 62.8 Å². The van der Waals surface area contributed by atoms with E-state index in [0.29, 0.717) is 18.5 Å². The molecule has 1 aliphatic rings. The molecule has 11 heteroatoms. The number of hydrogen-bond acceptors (Lipinski definition) is 5. The van der Waals surface area contributed by atoms with Gasteiger partial charge < -0.3 is 5.32 Å². The number of hydrogen-bond donors (Lipinski definition) is 2. The molecule has 0 aliphatic carbocycles. The number of nitrogens with two attached hydrogens (primary N) is 1. The fourth-order valence-electron chi connectivity index (χ4n) is 3.09. The second-order valence-corrected chi connectivity index (χ2v) is 11.1. The molecule has 0 atom stereocenters. The SMILES string of the molecule is NS(=O)(=O)c1ccc(NC(=O)C2CCN(S(=O)(=O)c3ccc(Br)cc3)CC2)cc1. The van der Waals surface area contributed by atoms with E-state index < -0.39 is 20.0 Å². The summed E-state index contributed by atoms with van der Waals surface area (Å²) in [5, 5.41) is 7.79. The monoisotopic (exact) mass is 501 g/mol. The number of nitrogens with one attached hydrogen (secondary N) is 1. The molecular formula is C18H20BrN3O5S2. The number of carbonyl (C=O) groups excluding carboxylic acids is 1. The van der Waals surface area contributed by atoms with E-state index in [2.05, 4.69) is 21.2 Å². The van der Waals surface area contributed by atoms with Crippen LogP contribution in [0.5, 0.6) is 0 Å². The van der Waals surface area contributed by atoms with Gasteiger partial charge in [-0.3, -0.25) is 4.79 Å². The minimum absolute atomic E-state index is 0.0399. The molecule has 2 aromatic rings. The van der Waals surface area contributed by atoms with Gasteiger partial charge in [0.1, 0.15) is 0 Å². The second kappa shape index (κ2) is 8.52. The summed E-state index contributed by atoms with van der Waals surface area (Å²) in [6, 6.07) is 12.0. The number of anilines is 1. The number of benzene rings is 2. The number of rotatable bonds is 5. The predicted molar refractivity (Wildman–Crippen MR) is 112 cm³/mol. The van der Waals surface area contributed by atoms with Crippen molar-refractivity contribution in [2.45, 2.75) is 22.6 Å². The van der Waals surface area contributed by atoms with Gasteiger partial charge >= 0.3 is 0 Å². The van der Waals surface area contributed by atoms with Crippen molar-refractivity contribution in [2.24, 2.45) is 11.1 Å². The molecule has 1 heterocycles. The van der Waals surface area contributed by atoms with E-state index in [-0.39, 0.29) is 34.7 Å². The van der Waals surface area contributed by atoms with E-state index >= 15 is 0 Å². The first kappa shape index (κ1) is 21.9. The molecule has 3 rings (SSSR count). The lowest BCUT2D eigenvalue weighted by Gasteiger charge is -2.30. The van der Waals surface area contributed by atoms with Crippen LogP contribution in [0.3, 0.4) is 0 Å². The van der Waals surface area contributed by atoms with Crippen LogP contribution in [-0.2, 0) is 24.8 Å². The van der Waals surface area contributed by atoms with Gasteiger partial charge in [-0.25, -0.2) is 22.0 Å². The summed E-state index contributed by atoms with van der Waals surface area (Å²) in [4.78, 5) is 12.7. The third-order valence-electron chi connectivity index (χ3n) is 4.73. The number of sulfonamides is 2. The van der Waals surface area contributed by atoms with Crippen molar-refractivity contribution in [1.29, 1.82) is 0 Å². The quantitative estimate of drug-likeness (QED) is 0.648. The molecule has 1 fully saturated rings. The Balaban J connectivity index is 1.60. The molecule has 3 N–H and O–H groups in total. The van der Waals surface area contributed by atoms with E-state index in [1.807, 2.05) is 0 Å². The highest BCUT2D eigenvalue weighted by atomic mass is 79.9. The Bertz CT molecular complexity index is 1090. The Hall–Kier alpha value is -1.79. The van der Waals surface area contributed by atoms with E-state index in [9.17, 15) is 21.6 Å². The van der Waals surface area contributed by atoms with Crippen molar-refractivity contribution in [3.63, 3.8) is 0 Å². The van der Waals surface area contributed by atoms with Crippen molar-refractivity contribution < 1.29 is 21.6 Å². The summed E-state index contributed by atoms with van der Waals surface area (Å²) < 4.78 is 50.2. The maximum absolute atomic E-state index is 12.7. The first-order valence-electron chi connectivity index (χ1n) is 8.77.